The van der Waals surface area contributed by atoms with Crippen molar-refractivity contribution in [2.45, 2.75) is 6.92 Å². The van der Waals surface area contributed by atoms with Crippen LogP contribution >= 0.6 is 0 Å². The summed E-state index contributed by atoms with van der Waals surface area (Å²) in [5.74, 6) is -2.87. The summed E-state index contributed by atoms with van der Waals surface area (Å²) in [6.45, 7) is 1.98. The molecule has 0 atom stereocenters. The average Bonchev–Trinajstić information content (AvgIpc) is 2.53. The summed E-state index contributed by atoms with van der Waals surface area (Å²) < 4.78 is 5.04. The quantitative estimate of drug-likeness (QED) is 0.385. The Hall–Kier alpha value is -2.41. The van der Waals surface area contributed by atoms with E-state index in [-0.39, 0.29) is 40.4 Å². The van der Waals surface area contributed by atoms with Gasteiger partial charge in [0, 0.05) is 30.6 Å². The number of aliphatic imine (C=N–C) groups is 4. The van der Waals surface area contributed by atoms with Gasteiger partial charge in [-0.1, -0.05) is 12.1 Å². The Balaban J connectivity index is 0.00000484. The number of rotatable bonds is 3. The van der Waals surface area contributed by atoms with Crippen molar-refractivity contribution in [1.29, 1.82) is 0 Å². The van der Waals surface area contributed by atoms with E-state index in [2.05, 4.69) is 20.0 Å². The van der Waals surface area contributed by atoms with Crippen molar-refractivity contribution in [2.24, 2.45) is 20.0 Å². The molecule has 1 rings (SSSR count). The van der Waals surface area contributed by atoms with Crippen molar-refractivity contribution in [2.75, 3.05) is 20.7 Å². The van der Waals surface area contributed by atoms with Gasteiger partial charge in [0.25, 0.3) is 0 Å². The first-order valence-corrected chi connectivity index (χ1v) is 6.38. The predicted octanol–water partition coefficient (Wildman–Crippen LogP) is -1.08. The van der Waals surface area contributed by atoms with Crippen LogP contribution in [0.15, 0.2) is 44.2 Å². The minimum Gasteiger partial charge on any atom is -0.858 e. The SMILES string of the molecule is CCOC(=NC)C([O-])=Nc1ccccc1N=C([O-])C([O-])=NC.[Ni]. The molecule has 0 aliphatic heterocycles. The third kappa shape index (κ3) is 6.08. The van der Waals surface area contributed by atoms with Gasteiger partial charge in [0.05, 0.1) is 23.9 Å². The van der Waals surface area contributed by atoms with Crippen LogP contribution in [0.2, 0.25) is 0 Å². The standard InChI is InChI=1S/C14H18N4O4.Ni/c1-4-22-14(16-3)13(21)18-10-8-6-5-7-9(10)17-12(20)11(19)15-2;/h5-8H,4H2,1-3H3,(H,15,19)(H,17,20)(H,18,21);/p-3. The van der Waals surface area contributed by atoms with Gasteiger partial charge in [-0.25, -0.2) is 0 Å². The minimum atomic E-state index is -1.04. The van der Waals surface area contributed by atoms with Crippen molar-refractivity contribution >= 4 is 35.0 Å². The second kappa shape index (κ2) is 10.3. The maximum atomic E-state index is 11.9. The average molecular weight is 362 g/mol. The molecule has 0 aliphatic carbocycles. The van der Waals surface area contributed by atoms with Crippen LogP contribution < -0.4 is 15.3 Å². The summed E-state index contributed by atoms with van der Waals surface area (Å²) in [5, 5.41) is 34.6. The summed E-state index contributed by atoms with van der Waals surface area (Å²) in [4.78, 5) is 14.3. The number of nitrogens with zero attached hydrogens (tertiary/aromatic N) is 4. The van der Waals surface area contributed by atoms with Gasteiger partial charge in [-0.05, 0) is 30.9 Å². The number of hydrogen-bond acceptors (Lipinski definition) is 8. The van der Waals surface area contributed by atoms with Gasteiger partial charge in [-0.3, -0.25) is 15.0 Å². The molecule has 0 saturated heterocycles. The molecular formula is C14H15N4NiO4-3. The topological polar surface area (TPSA) is 128 Å². The molecule has 1 aromatic carbocycles. The van der Waals surface area contributed by atoms with E-state index >= 15 is 0 Å². The summed E-state index contributed by atoms with van der Waals surface area (Å²) in [6, 6.07) is 6.15. The van der Waals surface area contributed by atoms with Crippen LogP contribution in [0.5, 0.6) is 0 Å². The second-order valence-corrected chi connectivity index (χ2v) is 3.81. The van der Waals surface area contributed by atoms with Crippen LogP contribution in [0.25, 0.3) is 0 Å². The Morgan fingerprint density at radius 3 is 1.87 bits per heavy atom. The van der Waals surface area contributed by atoms with E-state index in [0.29, 0.717) is 0 Å². The fourth-order valence-corrected chi connectivity index (χ4v) is 1.42. The van der Waals surface area contributed by atoms with Crippen LogP contribution in [0.4, 0.5) is 11.4 Å². The molecule has 0 spiro atoms. The predicted molar refractivity (Wildman–Crippen MR) is 79.0 cm³/mol. The summed E-state index contributed by atoms with van der Waals surface area (Å²) in [6.07, 6.45) is 0. The van der Waals surface area contributed by atoms with Crippen molar-refractivity contribution in [1.82, 2.24) is 0 Å². The van der Waals surface area contributed by atoms with Gasteiger partial charge in [-0.2, -0.15) is 0 Å². The third-order valence-electron chi connectivity index (χ3n) is 2.38. The molecule has 0 N–H and O–H groups in total. The number of para-hydroxylation sites is 2. The van der Waals surface area contributed by atoms with Gasteiger partial charge < -0.3 is 25.0 Å². The fraction of sp³-hybridized carbons (Fsp3) is 0.286. The van der Waals surface area contributed by atoms with E-state index in [4.69, 9.17) is 4.74 Å². The minimum absolute atomic E-state index is 0. The van der Waals surface area contributed by atoms with E-state index in [9.17, 15) is 15.3 Å². The van der Waals surface area contributed by atoms with Crippen molar-refractivity contribution < 1.29 is 36.5 Å². The molecule has 0 fully saturated rings. The van der Waals surface area contributed by atoms with E-state index in [1.165, 1.54) is 26.2 Å². The summed E-state index contributed by atoms with van der Waals surface area (Å²) >= 11 is 0. The fourth-order valence-electron chi connectivity index (χ4n) is 1.42. The molecular weight excluding hydrogens is 347 g/mol. The molecule has 0 saturated carbocycles. The van der Waals surface area contributed by atoms with Crippen LogP contribution in [0, 0.1) is 0 Å². The zero-order valence-corrected chi connectivity index (χ0v) is 13.7. The third-order valence-corrected chi connectivity index (χ3v) is 2.38. The normalized spacial score (nSPS) is 13.5. The van der Waals surface area contributed by atoms with Crippen LogP contribution in [0.3, 0.4) is 0 Å². The maximum Gasteiger partial charge on any atom is 0.219 e. The van der Waals surface area contributed by atoms with Gasteiger partial charge in [0.2, 0.25) is 5.90 Å². The van der Waals surface area contributed by atoms with Gasteiger partial charge in [0.1, 0.15) is 0 Å². The number of hydrogen-bond donors (Lipinski definition) is 0. The molecule has 23 heavy (non-hydrogen) atoms. The Morgan fingerprint density at radius 1 is 0.913 bits per heavy atom. The molecule has 128 valence electrons. The van der Waals surface area contributed by atoms with Crippen LogP contribution in [-0.2, 0) is 21.2 Å². The molecule has 0 bridgehead atoms. The van der Waals surface area contributed by atoms with Gasteiger partial charge >= 0.3 is 0 Å². The molecule has 9 heteroatoms. The molecule has 8 nitrogen and oxygen atoms in total. The first kappa shape index (κ1) is 20.6. The molecule has 0 aromatic heterocycles. The van der Waals surface area contributed by atoms with Crippen molar-refractivity contribution in [3.8, 4) is 0 Å². The van der Waals surface area contributed by atoms with Gasteiger partial charge in [0.15, 0.2) is 0 Å². The summed E-state index contributed by atoms with van der Waals surface area (Å²) in [5.41, 5.74) is 0.218. The molecule has 0 aliphatic rings. The monoisotopic (exact) mass is 361 g/mol. The van der Waals surface area contributed by atoms with E-state index in [1.54, 1.807) is 19.1 Å². The van der Waals surface area contributed by atoms with E-state index in [1.807, 2.05) is 0 Å². The number of ether oxygens (including phenoxy) is 1. The largest absolute Gasteiger partial charge is 0.858 e. The maximum absolute atomic E-state index is 11.9. The van der Waals surface area contributed by atoms with E-state index in [0.717, 1.165) is 0 Å². The molecule has 0 radical (unpaired) electrons. The Labute approximate surface area is 143 Å². The van der Waals surface area contributed by atoms with E-state index < -0.39 is 17.7 Å². The Bertz CT molecular complexity index is 641. The molecule has 0 heterocycles. The first-order chi connectivity index (χ1) is 10.5. The molecule has 1 aromatic rings. The summed E-state index contributed by atoms with van der Waals surface area (Å²) in [7, 11) is 2.60. The smallest absolute Gasteiger partial charge is 0.219 e. The van der Waals surface area contributed by atoms with Crippen LogP contribution in [0.1, 0.15) is 6.92 Å². The molecule has 0 unspecified atom stereocenters. The number of benzene rings is 1. The zero-order chi connectivity index (χ0) is 16.5. The Morgan fingerprint density at radius 2 is 1.43 bits per heavy atom. The van der Waals surface area contributed by atoms with Crippen molar-refractivity contribution in [3.63, 3.8) is 0 Å². The Kier molecular flexibility index (Phi) is 9.26. The zero-order valence-electron chi connectivity index (χ0n) is 12.8. The first-order valence-electron chi connectivity index (χ1n) is 6.38. The van der Waals surface area contributed by atoms with Gasteiger partial charge in [-0.15, -0.1) is 0 Å². The molecule has 0 amide bonds. The van der Waals surface area contributed by atoms with Crippen molar-refractivity contribution in [3.05, 3.63) is 24.3 Å². The van der Waals surface area contributed by atoms with Crippen LogP contribution in [-0.4, -0.2) is 44.3 Å². The second-order valence-electron chi connectivity index (χ2n) is 3.81.